The van der Waals surface area contributed by atoms with Gasteiger partial charge in [-0.15, -0.1) is 11.6 Å². The van der Waals surface area contributed by atoms with Crippen molar-refractivity contribution in [2.75, 3.05) is 5.88 Å². The highest BCUT2D eigenvalue weighted by molar-refractivity contribution is 6.18. The lowest BCUT2D eigenvalue weighted by molar-refractivity contribution is 0.901. The Hall–Kier alpha value is -1.35. The number of aromatic nitrogens is 3. The van der Waals surface area contributed by atoms with Gasteiger partial charge in [0, 0.05) is 5.88 Å². The summed E-state index contributed by atoms with van der Waals surface area (Å²) in [6.45, 7) is 5.86. The fourth-order valence-corrected chi connectivity index (χ4v) is 0.991. The van der Waals surface area contributed by atoms with Gasteiger partial charge in [0.2, 0.25) is 0 Å². The quantitative estimate of drug-likeness (QED) is 0.564. The average Bonchev–Trinajstić information content (AvgIpc) is 2.69. The Morgan fingerprint density at radius 3 is 3.00 bits per heavy atom. The molecule has 14 heavy (non-hydrogen) atoms. The van der Waals surface area contributed by atoms with Crippen LogP contribution in [0.5, 0.6) is 0 Å². The maximum Gasteiger partial charge on any atom is 0.138 e. The molecule has 0 unspecified atom stereocenters. The number of allylic oxidation sites excluding steroid dienone is 5. The second kappa shape index (κ2) is 5.40. The van der Waals surface area contributed by atoms with Crippen LogP contribution in [0.1, 0.15) is 6.92 Å². The summed E-state index contributed by atoms with van der Waals surface area (Å²) in [6.07, 6.45) is 8.79. The van der Waals surface area contributed by atoms with Crippen molar-refractivity contribution in [3.05, 3.63) is 43.0 Å². The van der Waals surface area contributed by atoms with Gasteiger partial charge < -0.3 is 0 Å². The molecule has 1 rings (SSSR count). The van der Waals surface area contributed by atoms with E-state index >= 15 is 0 Å². The maximum atomic E-state index is 5.50. The van der Waals surface area contributed by atoms with Crippen molar-refractivity contribution in [1.29, 1.82) is 0 Å². The molecule has 1 aromatic heterocycles. The molecule has 0 bridgehead atoms. The van der Waals surface area contributed by atoms with Crippen LogP contribution >= 0.6 is 11.6 Å². The van der Waals surface area contributed by atoms with Gasteiger partial charge >= 0.3 is 0 Å². The number of hydrogen-bond acceptors (Lipinski definition) is 2. The van der Waals surface area contributed by atoms with E-state index in [9.17, 15) is 0 Å². The van der Waals surface area contributed by atoms with Crippen molar-refractivity contribution in [2.45, 2.75) is 6.92 Å². The van der Waals surface area contributed by atoms with Crippen molar-refractivity contribution in [1.82, 2.24) is 14.8 Å². The van der Waals surface area contributed by atoms with E-state index in [1.54, 1.807) is 11.0 Å². The Morgan fingerprint density at radius 1 is 1.64 bits per heavy atom. The first-order valence-electron chi connectivity index (χ1n) is 4.19. The number of alkyl halides is 1. The van der Waals surface area contributed by atoms with Gasteiger partial charge in [0.25, 0.3) is 0 Å². The largest absolute Gasteiger partial charge is 0.223 e. The van der Waals surface area contributed by atoms with Gasteiger partial charge in [-0.3, -0.25) is 0 Å². The molecule has 0 atom stereocenters. The molecule has 1 heterocycles. The minimum absolute atomic E-state index is 0.513. The van der Waals surface area contributed by atoms with Gasteiger partial charge in [0.15, 0.2) is 0 Å². The summed E-state index contributed by atoms with van der Waals surface area (Å²) in [5.41, 5.74) is 1.83. The number of hydrogen-bond donors (Lipinski definition) is 0. The van der Waals surface area contributed by atoms with Crippen LogP contribution < -0.4 is 0 Å². The van der Waals surface area contributed by atoms with Crippen molar-refractivity contribution in [3.63, 3.8) is 0 Å². The van der Waals surface area contributed by atoms with Gasteiger partial charge in [0.05, 0.1) is 5.70 Å². The SMILES string of the molecule is C=C(/C(C)=C\C=C/CCl)n1cncn1. The maximum absolute atomic E-state index is 5.50. The van der Waals surface area contributed by atoms with E-state index in [4.69, 9.17) is 11.6 Å². The fourth-order valence-electron chi connectivity index (χ4n) is 0.888. The van der Waals surface area contributed by atoms with E-state index in [1.165, 1.54) is 6.33 Å². The third kappa shape index (κ3) is 2.85. The summed E-state index contributed by atoms with van der Waals surface area (Å²) in [5, 5.41) is 3.98. The molecule has 74 valence electrons. The van der Waals surface area contributed by atoms with Gasteiger partial charge in [-0.25, -0.2) is 9.67 Å². The topological polar surface area (TPSA) is 30.7 Å². The van der Waals surface area contributed by atoms with E-state index in [0.29, 0.717) is 5.88 Å². The lowest BCUT2D eigenvalue weighted by Gasteiger charge is -2.03. The van der Waals surface area contributed by atoms with Gasteiger partial charge in [0.1, 0.15) is 12.7 Å². The fraction of sp³-hybridized carbons (Fsp3) is 0.200. The van der Waals surface area contributed by atoms with Crippen molar-refractivity contribution in [2.24, 2.45) is 0 Å². The Morgan fingerprint density at radius 2 is 2.43 bits per heavy atom. The molecule has 0 N–H and O–H groups in total. The Kier molecular flexibility index (Phi) is 4.13. The molecule has 0 radical (unpaired) electrons. The molecule has 0 aromatic carbocycles. The summed E-state index contributed by atoms with van der Waals surface area (Å²) in [4.78, 5) is 3.85. The predicted octanol–water partition coefficient (Wildman–Crippen LogP) is 2.49. The molecule has 3 nitrogen and oxygen atoms in total. The summed E-state index contributed by atoms with van der Waals surface area (Å²) >= 11 is 5.50. The number of rotatable bonds is 4. The molecule has 0 aliphatic rings. The minimum Gasteiger partial charge on any atom is -0.223 e. The second-order valence-electron chi connectivity index (χ2n) is 2.72. The van der Waals surface area contributed by atoms with Gasteiger partial charge in [-0.2, -0.15) is 5.10 Å². The van der Waals surface area contributed by atoms with E-state index < -0.39 is 0 Å². The summed E-state index contributed by atoms with van der Waals surface area (Å²) in [6, 6.07) is 0. The van der Waals surface area contributed by atoms with Crippen LogP contribution in [0.15, 0.2) is 43.0 Å². The zero-order valence-corrected chi connectivity index (χ0v) is 8.78. The van der Waals surface area contributed by atoms with E-state index in [1.807, 2.05) is 25.2 Å². The monoisotopic (exact) mass is 209 g/mol. The highest BCUT2D eigenvalue weighted by Gasteiger charge is 1.98. The first-order valence-corrected chi connectivity index (χ1v) is 4.73. The smallest absolute Gasteiger partial charge is 0.138 e. The Bertz CT molecular complexity index is 349. The molecule has 4 heteroatoms. The first kappa shape index (κ1) is 10.7. The van der Waals surface area contributed by atoms with Crippen molar-refractivity contribution < 1.29 is 0 Å². The molecule has 1 aromatic rings. The normalized spacial score (nSPS) is 12.3. The van der Waals surface area contributed by atoms with E-state index in [0.717, 1.165) is 11.3 Å². The number of halogens is 1. The van der Waals surface area contributed by atoms with E-state index in [-0.39, 0.29) is 0 Å². The van der Waals surface area contributed by atoms with Gasteiger partial charge in [-0.05, 0) is 12.5 Å². The summed E-state index contributed by atoms with van der Waals surface area (Å²) < 4.78 is 1.63. The first-order chi connectivity index (χ1) is 6.75. The molecule has 0 amide bonds. The van der Waals surface area contributed by atoms with Crippen molar-refractivity contribution in [3.8, 4) is 0 Å². The lowest BCUT2D eigenvalue weighted by atomic mass is 10.2. The van der Waals surface area contributed by atoms with Crippen molar-refractivity contribution >= 4 is 17.3 Å². The molecule has 0 saturated carbocycles. The van der Waals surface area contributed by atoms with Crippen LogP contribution in [0.3, 0.4) is 0 Å². The van der Waals surface area contributed by atoms with Crippen LogP contribution in [0.4, 0.5) is 0 Å². The minimum atomic E-state index is 0.513. The molecule has 0 saturated heterocycles. The zero-order valence-electron chi connectivity index (χ0n) is 8.02. The molecule has 0 aliphatic heterocycles. The average molecular weight is 210 g/mol. The predicted molar refractivity (Wildman–Crippen MR) is 59.0 cm³/mol. The van der Waals surface area contributed by atoms with Crippen LogP contribution in [0, 0.1) is 0 Å². The molecule has 0 spiro atoms. The summed E-state index contributed by atoms with van der Waals surface area (Å²) in [7, 11) is 0. The standard InChI is InChI=1S/C10H12ClN3/c1-9(5-3-4-6-11)10(2)14-8-12-7-13-14/h3-5,7-8H,2,6H2,1H3/b4-3-,9-5-. The Labute approximate surface area is 88.4 Å². The number of nitrogens with zero attached hydrogens (tertiary/aromatic N) is 3. The third-order valence-corrected chi connectivity index (χ3v) is 1.90. The van der Waals surface area contributed by atoms with Crippen LogP contribution in [0.2, 0.25) is 0 Å². The van der Waals surface area contributed by atoms with Crippen LogP contribution in [-0.2, 0) is 0 Å². The second-order valence-corrected chi connectivity index (χ2v) is 3.03. The highest BCUT2D eigenvalue weighted by Crippen LogP contribution is 2.10. The Balaban J connectivity index is 2.70. The van der Waals surface area contributed by atoms with E-state index in [2.05, 4.69) is 16.7 Å². The van der Waals surface area contributed by atoms with Gasteiger partial charge in [-0.1, -0.05) is 24.8 Å². The van der Waals surface area contributed by atoms with Crippen LogP contribution in [-0.4, -0.2) is 20.6 Å². The van der Waals surface area contributed by atoms with Crippen LogP contribution in [0.25, 0.3) is 5.70 Å². The molecular weight excluding hydrogens is 198 g/mol. The molecule has 0 fully saturated rings. The molecule has 0 aliphatic carbocycles. The third-order valence-electron chi connectivity index (χ3n) is 1.72. The lowest BCUT2D eigenvalue weighted by Crippen LogP contribution is -1.96. The highest BCUT2D eigenvalue weighted by atomic mass is 35.5. The summed E-state index contributed by atoms with van der Waals surface area (Å²) in [5.74, 6) is 0.513. The molecular formula is C10H12ClN3. The zero-order chi connectivity index (χ0) is 10.4.